The van der Waals surface area contributed by atoms with E-state index in [0.29, 0.717) is 0 Å². The molecule has 0 radical (unpaired) electrons. The quantitative estimate of drug-likeness (QED) is 0.143. The minimum absolute atomic E-state index is 0.0802. The SMILES string of the molecule is C[C@H](CC(=O)N[C@@H](CCC(=O)O)CO[Si](c1ccccc1)(c1ccccc1)C(C)(C)C)O[Si](c1ccccc1)(c1ccccc1)C(C)(C)C. The van der Waals surface area contributed by atoms with Crippen LogP contribution in [0.2, 0.25) is 10.1 Å². The van der Waals surface area contributed by atoms with E-state index in [0.717, 1.165) is 20.7 Å². The molecule has 0 aliphatic carbocycles. The molecule has 4 aromatic rings. The van der Waals surface area contributed by atoms with Crippen LogP contribution >= 0.6 is 0 Å². The molecule has 4 aromatic carbocycles. The summed E-state index contributed by atoms with van der Waals surface area (Å²) in [6, 6.07) is 40.9. The Hall–Kier alpha value is -3.83. The van der Waals surface area contributed by atoms with E-state index in [1.807, 2.05) is 79.7 Å². The Morgan fingerprint density at radius 1 is 0.653 bits per heavy atom. The van der Waals surface area contributed by atoms with Gasteiger partial charge in [-0.2, -0.15) is 0 Å². The second kappa shape index (κ2) is 16.3. The van der Waals surface area contributed by atoms with Crippen LogP contribution in [0.15, 0.2) is 121 Å². The van der Waals surface area contributed by atoms with Gasteiger partial charge >= 0.3 is 5.97 Å². The van der Waals surface area contributed by atoms with Crippen LogP contribution in [0.25, 0.3) is 0 Å². The molecule has 2 N–H and O–H groups in total. The summed E-state index contributed by atoms with van der Waals surface area (Å²) in [5.74, 6) is -1.10. The lowest BCUT2D eigenvalue weighted by atomic mass is 10.1. The Kier molecular flexibility index (Phi) is 12.6. The first-order valence-corrected chi connectivity index (χ1v) is 21.1. The third kappa shape index (κ3) is 8.86. The monoisotopic (exact) mass is 695 g/mol. The summed E-state index contributed by atoms with van der Waals surface area (Å²) in [7, 11) is -5.76. The van der Waals surface area contributed by atoms with Gasteiger partial charge in [0.15, 0.2) is 0 Å². The van der Waals surface area contributed by atoms with Gasteiger partial charge in [-0.1, -0.05) is 163 Å². The van der Waals surface area contributed by atoms with Crippen molar-refractivity contribution in [1.29, 1.82) is 0 Å². The number of hydrogen-bond donors (Lipinski definition) is 2. The average Bonchev–Trinajstić information content (AvgIpc) is 3.06. The number of nitrogens with one attached hydrogen (secondary N) is 1. The van der Waals surface area contributed by atoms with Gasteiger partial charge in [-0.3, -0.25) is 9.59 Å². The first-order valence-electron chi connectivity index (χ1n) is 17.3. The molecule has 0 spiro atoms. The molecular weight excluding hydrogens is 643 g/mol. The standard InChI is InChI=1S/C41H53NO5Si2/c1-32(47-49(41(5,6)7,36-24-16-10-17-25-36)37-26-18-11-19-27-37)30-38(43)42-33(28-29-39(44)45)31-46-48(40(2,3)4,34-20-12-8-13-21-34)35-22-14-9-15-23-35/h8-27,32-33H,28-31H2,1-7H3,(H,42,43)(H,44,45)/t32-,33+/m1/s1. The van der Waals surface area contributed by atoms with Crippen LogP contribution in [0.1, 0.15) is 67.7 Å². The highest BCUT2D eigenvalue weighted by Crippen LogP contribution is 2.38. The summed E-state index contributed by atoms with van der Waals surface area (Å²) in [6.45, 7) is 15.4. The fourth-order valence-corrected chi connectivity index (χ4v) is 16.4. The van der Waals surface area contributed by atoms with Crippen molar-refractivity contribution in [2.45, 2.75) is 90.0 Å². The number of hydrogen-bond acceptors (Lipinski definition) is 4. The van der Waals surface area contributed by atoms with Crippen LogP contribution < -0.4 is 26.1 Å². The van der Waals surface area contributed by atoms with Crippen LogP contribution in [-0.4, -0.2) is 52.4 Å². The summed E-state index contributed by atoms with van der Waals surface area (Å²) in [4.78, 5) is 25.5. The van der Waals surface area contributed by atoms with Crippen LogP contribution in [0.5, 0.6) is 0 Å². The number of carboxylic acids is 1. The largest absolute Gasteiger partial charge is 0.481 e. The maximum atomic E-state index is 13.8. The molecule has 2 atom stereocenters. The lowest BCUT2D eigenvalue weighted by molar-refractivity contribution is -0.137. The van der Waals surface area contributed by atoms with Gasteiger partial charge in [0.05, 0.1) is 25.2 Å². The van der Waals surface area contributed by atoms with E-state index in [1.165, 1.54) is 0 Å². The number of carbonyl (C=O) groups excluding carboxylic acids is 1. The van der Waals surface area contributed by atoms with E-state index < -0.39 is 34.7 Å². The van der Waals surface area contributed by atoms with Gasteiger partial charge in [0.25, 0.3) is 16.6 Å². The maximum absolute atomic E-state index is 13.8. The van der Waals surface area contributed by atoms with Gasteiger partial charge in [0.1, 0.15) is 0 Å². The molecule has 0 aromatic heterocycles. The van der Waals surface area contributed by atoms with E-state index in [9.17, 15) is 14.7 Å². The van der Waals surface area contributed by atoms with Crippen LogP contribution in [0, 0.1) is 0 Å². The Bertz CT molecular complexity index is 1540. The van der Waals surface area contributed by atoms with Crippen molar-refractivity contribution in [3.8, 4) is 0 Å². The Morgan fingerprint density at radius 2 is 1.02 bits per heavy atom. The van der Waals surface area contributed by atoms with Gasteiger partial charge < -0.3 is 19.3 Å². The summed E-state index contributed by atoms with van der Waals surface area (Å²) in [5.41, 5.74) is 0. The Morgan fingerprint density at radius 3 is 1.37 bits per heavy atom. The van der Waals surface area contributed by atoms with Gasteiger partial charge in [0.2, 0.25) is 5.91 Å². The Labute approximate surface area is 295 Å². The minimum Gasteiger partial charge on any atom is -0.481 e. The molecule has 0 saturated carbocycles. The van der Waals surface area contributed by atoms with Crippen LogP contribution in [0.3, 0.4) is 0 Å². The maximum Gasteiger partial charge on any atom is 0.303 e. The first kappa shape index (κ1) is 38.0. The molecule has 260 valence electrons. The van der Waals surface area contributed by atoms with Crippen molar-refractivity contribution in [1.82, 2.24) is 5.32 Å². The third-order valence-electron chi connectivity index (χ3n) is 9.26. The van der Waals surface area contributed by atoms with Crippen molar-refractivity contribution in [3.05, 3.63) is 121 Å². The number of rotatable bonds is 15. The highest BCUT2D eigenvalue weighted by atomic mass is 28.4. The molecule has 8 heteroatoms. The number of amides is 1. The number of aliphatic carboxylic acids is 1. The second-order valence-electron chi connectivity index (χ2n) is 15.0. The van der Waals surface area contributed by atoms with Crippen molar-refractivity contribution >= 4 is 49.3 Å². The molecule has 0 fully saturated rings. The fraction of sp³-hybridized carbons (Fsp3) is 0.366. The van der Waals surface area contributed by atoms with Crippen LogP contribution in [-0.2, 0) is 18.4 Å². The molecule has 4 rings (SSSR count). The van der Waals surface area contributed by atoms with Crippen molar-refractivity contribution in [3.63, 3.8) is 0 Å². The first-order chi connectivity index (χ1) is 23.2. The Balaban J connectivity index is 1.61. The van der Waals surface area contributed by atoms with Gasteiger partial charge in [-0.05, 0) is 44.2 Å². The van der Waals surface area contributed by atoms with Crippen LogP contribution in [0.4, 0.5) is 0 Å². The summed E-state index contributed by atoms with van der Waals surface area (Å²) in [5, 5.41) is 16.9. The number of benzene rings is 4. The topological polar surface area (TPSA) is 84.9 Å². The molecule has 0 saturated heterocycles. The average molecular weight is 696 g/mol. The van der Waals surface area contributed by atoms with Crippen molar-refractivity contribution < 1.29 is 23.5 Å². The summed E-state index contributed by atoms with van der Waals surface area (Å²) in [6.07, 6.45) is -0.0938. The zero-order valence-corrected chi connectivity index (χ0v) is 32.1. The van der Waals surface area contributed by atoms with Crippen molar-refractivity contribution in [2.24, 2.45) is 0 Å². The van der Waals surface area contributed by atoms with Gasteiger partial charge in [0, 0.05) is 6.42 Å². The lowest BCUT2D eigenvalue weighted by Gasteiger charge is -2.44. The lowest BCUT2D eigenvalue weighted by Crippen LogP contribution is -2.67. The molecule has 0 aliphatic rings. The zero-order valence-electron chi connectivity index (χ0n) is 30.1. The molecule has 1 amide bonds. The predicted octanol–water partition coefficient (Wildman–Crippen LogP) is 6.27. The molecule has 0 unspecified atom stereocenters. The van der Waals surface area contributed by atoms with E-state index in [4.69, 9.17) is 8.85 Å². The van der Waals surface area contributed by atoms with E-state index >= 15 is 0 Å². The molecular formula is C41H53NO5Si2. The number of carbonyl (C=O) groups is 2. The third-order valence-corrected chi connectivity index (χ3v) is 19.4. The van der Waals surface area contributed by atoms with Crippen molar-refractivity contribution in [2.75, 3.05) is 6.61 Å². The van der Waals surface area contributed by atoms with E-state index in [1.54, 1.807) is 0 Å². The molecule has 0 heterocycles. The smallest absolute Gasteiger partial charge is 0.303 e. The summed E-state index contributed by atoms with van der Waals surface area (Å²) < 4.78 is 14.3. The molecule has 49 heavy (non-hydrogen) atoms. The molecule has 0 aliphatic heterocycles. The normalized spacial score (nSPS) is 13.8. The second-order valence-corrected chi connectivity index (χ2v) is 23.5. The highest BCUT2D eigenvalue weighted by Gasteiger charge is 2.52. The van der Waals surface area contributed by atoms with E-state index in [-0.39, 0.29) is 41.9 Å². The fourth-order valence-electron chi connectivity index (χ4n) is 7.06. The van der Waals surface area contributed by atoms with Gasteiger partial charge in [-0.15, -0.1) is 0 Å². The van der Waals surface area contributed by atoms with E-state index in [2.05, 4.69) is 95.4 Å². The molecule has 0 bridgehead atoms. The highest BCUT2D eigenvalue weighted by molar-refractivity contribution is 7.00. The minimum atomic E-state index is -2.90. The van der Waals surface area contributed by atoms with Gasteiger partial charge in [-0.25, -0.2) is 0 Å². The zero-order chi connectivity index (χ0) is 35.7. The molecule has 6 nitrogen and oxygen atoms in total. The number of carboxylic acid groups (broad SMARTS) is 1. The summed E-state index contributed by atoms with van der Waals surface area (Å²) >= 11 is 0. The predicted molar refractivity (Wildman–Crippen MR) is 205 cm³/mol.